The van der Waals surface area contributed by atoms with Gasteiger partial charge in [-0.25, -0.2) is 0 Å². The van der Waals surface area contributed by atoms with Crippen LogP contribution in [0.1, 0.15) is 46.0 Å². The lowest BCUT2D eigenvalue weighted by Gasteiger charge is -2.34. The van der Waals surface area contributed by atoms with Crippen molar-refractivity contribution in [1.29, 1.82) is 0 Å². The van der Waals surface area contributed by atoms with Gasteiger partial charge in [0, 0.05) is 16.6 Å². The molecule has 2 unspecified atom stereocenters. The van der Waals surface area contributed by atoms with Crippen molar-refractivity contribution in [2.24, 2.45) is 11.8 Å². The lowest BCUT2D eigenvalue weighted by molar-refractivity contribution is -0.144. The highest BCUT2D eigenvalue weighted by atomic mass is 32.2. The molecule has 0 spiro atoms. The lowest BCUT2D eigenvalue weighted by atomic mass is 9.80. The summed E-state index contributed by atoms with van der Waals surface area (Å²) in [5.41, 5.74) is -0.912. The number of hydrogen-bond acceptors (Lipinski definition) is 3. The van der Waals surface area contributed by atoms with Gasteiger partial charge in [0.1, 0.15) is 0 Å². The van der Waals surface area contributed by atoms with Crippen LogP contribution >= 0.6 is 0 Å². The molecule has 0 heterocycles. The van der Waals surface area contributed by atoms with E-state index in [1.54, 1.807) is 0 Å². The Kier molecular flexibility index (Phi) is 5.79. The van der Waals surface area contributed by atoms with E-state index in [1.165, 1.54) is 0 Å². The van der Waals surface area contributed by atoms with Crippen LogP contribution < -0.4 is 0 Å². The van der Waals surface area contributed by atoms with Gasteiger partial charge in [0.05, 0.1) is 17.3 Å². The Hall–Kier alpha value is -0.420. The average Bonchev–Trinajstić information content (AvgIpc) is 2.28. The molecular formula is C13H24O4S. The molecule has 2 N–H and O–H groups in total. The Labute approximate surface area is 111 Å². The second kappa shape index (κ2) is 6.66. The third kappa shape index (κ3) is 4.69. The van der Waals surface area contributed by atoms with Gasteiger partial charge >= 0.3 is 5.97 Å². The lowest BCUT2D eigenvalue weighted by Crippen LogP contribution is -2.41. The Balaban J connectivity index is 2.42. The zero-order chi connectivity index (χ0) is 13.8. The third-order valence-electron chi connectivity index (χ3n) is 3.86. The first-order valence-electron chi connectivity index (χ1n) is 6.66. The molecule has 0 radical (unpaired) electrons. The van der Waals surface area contributed by atoms with E-state index in [4.69, 9.17) is 5.11 Å². The summed E-state index contributed by atoms with van der Waals surface area (Å²) < 4.78 is 11.9. The number of hydrogen-bond donors (Lipinski definition) is 2. The molecule has 0 aliphatic heterocycles. The zero-order valence-corrected chi connectivity index (χ0v) is 12.0. The van der Waals surface area contributed by atoms with E-state index in [0.29, 0.717) is 43.1 Å². The van der Waals surface area contributed by atoms with Crippen LogP contribution in [0, 0.1) is 11.8 Å². The molecule has 1 fully saturated rings. The van der Waals surface area contributed by atoms with Gasteiger partial charge in [-0.05, 0) is 31.6 Å². The molecule has 0 aromatic heterocycles. The molecule has 106 valence electrons. The molecule has 1 saturated carbocycles. The van der Waals surface area contributed by atoms with E-state index in [9.17, 15) is 14.1 Å². The average molecular weight is 276 g/mol. The fraction of sp³-hybridized carbons (Fsp3) is 0.923. The minimum Gasteiger partial charge on any atom is -0.481 e. The smallest absolute Gasteiger partial charge is 0.306 e. The summed E-state index contributed by atoms with van der Waals surface area (Å²) in [4.78, 5) is 10.8. The molecule has 5 heteroatoms. The second-order valence-corrected chi connectivity index (χ2v) is 7.10. The summed E-state index contributed by atoms with van der Waals surface area (Å²) in [6.45, 7) is 4.12. The molecule has 0 aromatic rings. The molecule has 1 aliphatic carbocycles. The van der Waals surface area contributed by atoms with Gasteiger partial charge in [-0.3, -0.25) is 9.00 Å². The number of carboxylic acid groups (broad SMARTS) is 1. The molecular weight excluding hydrogens is 252 g/mol. The molecule has 2 atom stereocenters. The summed E-state index contributed by atoms with van der Waals surface area (Å²) in [7, 11) is -1.01. The van der Waals surface area contributed by atoms with Crippen LogP contribution in [0.5, 0.6) is 0 Å². The van der Waals surface area contributed by atoms with Crippen molar-refractivity contribution in [2.75, 3.05) is 11.5 Å². The van der Waals surface area contributed by atoms with Gasteiger partial charge in [-0.2, -0.15) is 0 Å². The van der Waals surface area contributed by atoms with Gasteiger partial charge in [0.25, 0.3) is 0 Å². The zero-order valence-electron chi connectivity index (χ0n) is 11.2. The van der Waals surface area contributed by atoms with Crippen LogP contribution in [0.25, 0.3) is 0 Å². The first kappa shape index (κ1) is 15.6. The Morgan fingerprint density at radius 1 is 1.44 bits per heavy atom. The maximum Gasteiger partial charge on any atom is 0.306 e. The standard InChI is InChI=1S/C13H24O4S/c1-3-10(2)8-18(17)9-13(16)6-4-11(5-7-13)12(14)15/h10-11,16H,3-9H2,1-2H3,(H,14,15). The molecule has 18 heavy (non-hydrogen) atoms. The molecule has 0 aromatic carbocycles. The van der Waals surface area contributed by atoms with Crippen LogP contribution in [-0.2, 0) is 15.6 Å². The van der Waals surface area contributed by atoms with Crippen molar-refractivity contribution in [3.63, 3.8) is 0 Å². The first-order valence-corrected chi connectivity index (χ1v) is 8.15. The minimum atomic E-state index is -1.01. The highest BCUT2D eigenvalue weighted by Crippen LogP contribution is 2.33. The van der Waals surface area contributed by atoms with E-state index in [-0.39, 0.29) is 5.92 Å². The maximum atomic E-state index is 11.9. The summed E-state index contributed by atoms with van der Waals surface area (Å²) in [5.74, 6) is 0.209. The van der Waals surface area contributed by atoms with E-state index in [1.807, 2.05) is 0 Å². The molecule has 0 saturated heterocycles. The summed E-state index contributed by atoms with van der Waals surface area (Å²) >= 11 is 0. The van der Waals surface area contributed by atoms with Crippen molar-refractivity contribution in [3.05, 3.63) is 0 Å². The predicted octanol–water partition coefficient (Wildman–Crippen LogP) is 1.79. The van der Waals surface area contributed by atoms with E-state index < -0.39 is 22.4 Å². The van der Waals surface area contributed by atoms with E-state index in [0.717, 1.165) is 6.42 Å². The molecule has 1 rings (SSSR count). The molecule has 0 bridgehead atoms. The summed E-state index contributed by atoms with van der Waals surface area (Å²) in [5, 5.41) is 19.2. The van der Waals surface area contributed by atoms with Crippen LogP contribution in [0.3, 0.4) is 0 Å². The first-order chi connectivity index (χ1) is 8.36. The highest BCUT2D eigenvalue weighted by molar-refractivity contribution is 7.85. The number of aliphatic carboxylic acids is 1. The SMILES string of the molecule is CCC(C)CS(=O)CC1(O)CCC(C(=O)O)CC1. The molecule has 1 aliphatic rings. The number of aliphatic hydroxyl groups is 1. The van der Waals surface area contributed by atoms with Crippen LogP contribution in [0.4, 0.5) is 0 Å². The Morgan fingerprint density at radius 3 is 2.44 bits per heavy atom. The fourth-order valence-corrected chi connectivity index (χ4v) is 4.22. The quantitative estimate of drug-likeness (QED) is 0.775. The van der Waals surface area contributed by atoms with Crippen molar-refractivity contribution >= 4 is 16.8 Å². The van der Waals surface area contributed by atoms with Gasteiger partial charge in [0.2, 0.25) is 0 Å². The van der Waals surface area contributed by atoms with Crippen LogP contribution in [0.15, 0.2) is 0 Å². The highest BCUT2D eigenvalue weighted by Gasteiger charge is 2.37. The predicted molar refractivity (Wildman–Crippen MR) is 71.9 cm³/mol. The van der Waals surface area contributed by atoms with E-state index >= 15 is 0 Å². The molecule has 4 nitrogen and oxygen atoms in total. The van der Waals surface area contributed by atoms with E-state index in [2.05, 4.69) is 13.8 Å². The monoisotopic (exact) mass is 276 g/mol. The summed E-state index contributed by atoms with van der Waals surface area (Å²) in [6.07, 6.45) is 2.89. The number of rotatable bonds is 6. The largest absolute Gasteiger partial charge is 0.481 e. The minimum absolute atomic E-state index is 0.295. The van der Waals surface area contributed by atoms with Crippen molar-refractivity contribution in [1.82, 2.24) is 0 Å². The van der Waals surface area contributed by atoms with Crippen LogP contribution in [0.2, 0.25) is 0 Å². The van der Waals surface area contributed by atoms with Crippen LogP contribution in [-0.4, -0.2) is 37.5 Å². The Morgan fingerprint density at radius 2 is 2.00 bits per heavy atom. The molecule has 0 amide bonds. The normalized spacial score (nSPS) is 31.8. The van der Waals surface area contributed by atoms with Gasteiger partial charge in [-0.1, -0.05) is 20.3 Å². The van der Waals surface area contributed by atoms with Crippen molar-refractivity contribution < 1.29 is 19.2 Å². The van der Waals surface area contributed by atoms with Gasteiger partial charge < -0.3 is 10.2 Å². The Bertz CT molecular complexity index is 308. The maximum absolute atomic E-state index is 11.9. The van der Waals surface area contributed by atoms with Gasteiger partial charge in [-0.15, -0.1) is 0 Å². The fourth-order valence-electron chi connectivity index (χ4n) is 2.34. The van der Waals surface area contributed by atoms with Gasteiger partial charge in [0.15, 0.2) is 0 Å². The number of carbonyl (C=O) groups is 1. The summed E-state index contributed by atoms with van der Waals surface area (Å²) in [6, 6.07) is 0. The van der Waals surface area contributed by atoms with Crippen molar-refractivity contribution in [3.8, 4) is 0 Å². The second-order valence-electron chi connectivity index (χ2n) is 5.60. The number of carboxylic acids is 1. The topological polar surface area (TPSA) is 74.6 Å². The van der Waals surface area contributed by atoms with Crippen molar-refractivity contribution in [2.45, 2.75) is 51.6 Å². The third-order valence-corrected chi connectivity index (χ3v) is 5.66.